The van der Waals surface area contributed by atoms with Crippen molar-refractivity contribution in [2.75, 3.05) is 13.1 Å². The first-order valence-corrected chi connectivity index (χ1v) is 11.8. The van der Waals surface area contributed by atoms with Crippen molar-refractivity contribution >= 4 is 27.7 Å². The fourth-order valence-electron chi connectivity index (χ4n) is 3.78. The molecule has 1 heterocycles. The van der Waals surface area contributed by atoms with Gasteiger partial charge in [0.2, 0.25) is 15.9 Å². The van der Waals surface area contributed by atoms with Crippen molar-refractivity contribution in [2.24, 2.45) is 5.92 Å². The molecule has 2 N–H and O–H groups in total. The SMILES string of the molecule is CC(=O)c1cccc(S(=O)(=O)N2CCC(C(=O)NC(CC(=O)O)c3ccccc3)CC2)c1. The number of nitrogens with one attached hydrogen (secondary N) is 1. The third-order valence-corrected chi connectivity index (χ3v) is 7.49. The van der Waals surface area contributed by atoms with Crippen molar-refractivity contribution in [3.8, 4) is 0 Å². The molecule has 1 amide bonds. The number of Topliss-reactive ketones (excluding diaryl/α,β-unsaturated/α-hetero) is 1. The molecule has 1 unspecified atom stereocenters. The quantitative estimate of drug-likeness (QED) is 0.587. The summed E-state index contributed by atoms with van der Waals surface area (Å²) in [6.45, 7) is 1.71. The van der Waals surface area contributed by atoms with E-state index < -0.39 is 28.0 Å². The Morgan fingerprint density at radius 2 is 1.72 bits per heavy atom. The molecule has 1 fully saturated rings. The molecule has 1 atom stereocenters. The van der Waals surface area contributed by atoms with E-state index in [-0.39, 0.29) is 36.1 Å². The maximum Gasteiger partial charge on any atom is 0.305 e. The first-order chi connectivity index (χ1) is 15.2. The van der Waals surface area contributed by atoms with E-state index in [1.807, 2.05) is 6.07 Å². The fraction of sp³-hybridized carbons (Fsp3) is 0.348. The summed E-state index contributed by atoms with van der Waals surface area (Å²) in [7, 11) is -3.78. The van der Waals surface area contributed by atoms with Crippen molar-refractivity contribution < 1.29 is 27.9 Å². The fourth-order valence-corrected chi connectivity index (χ4v) is 5.30. The molecule has 8 nitrogen and oxygen atoms in total. The van der Waals surface area contributed by atoms with E-state index in [2.05, 4.69) is 5.32 Å². The average Bonchev–Trinajstić information content (AvgIpc) is 2.79. The third-order valence-electron chi connectivity index (χ3n) is 5.60. The summed E-state index contributed by atoms with van der Waals surface area (Å²) >= 11 is 0. The standard InChI is InChI=1S/C23H26N2O6S/c1-16(26)19-8-5-9-20(14-19)32(30,31)25-12-10-18(11-13-25)23(29)24-21(15-22(27)28)17-6-3-2-4-7-17/h2-9,14,18,21H,10-13,15H2,1H3,(H,24,29)(H,27,28). The van der Waals surface area contributed by atoms with Gasteiger partial charge < -0.3 is 10.4 Å². The number of carboxylic acids is 1. The highest BCUT2D eigenvalue weighted by atomic mass is 32.2. The van der Waals surface area contributed by atoms with E-state index in [0.717, 1.165) is 0 Å². The van der Waals surface area contributed by atoms with Gasteiger partial charge in [-0.1, -0.05) is 42.5 Å². The number of sulfonamides is 1. The van der Waals surface area contributed by atoms with Gasteiger partial charge in [0.1, 0.15) is 0 Å². The number of amides is 1. The highest BCUT2D eigenvalue weighted by Crippen LogP contribution is 2.26. The molecule has 170 valence electrons. The van der Waals surface area contributed by atoms with E-state index in [1.54, 1.807) is 30.3 Å². The number of hydrogen-bond acceptors (Lipinski definition) is 5. The zero-order valence-corrected chi connectivity index (χ0v) is 18.5. The second-order valence-corrected chi connectivity index (χ2v) is 9.77. The molecule has 0 bridgehead atoms. The number of piperidine rings is 1. The molecule has 32 heavy (non-hydrogen) atoms. The predicted molar refractivity (Wildman–Crippen MR) is 118 cm³/mol. The normalized spacial score (nSPS) is 16.3. The molecular formula is C23H26N2O6S. The van der Waals surface area contributed by atoms with Crippen molar-refractivity contribution in [1.82, 2.24) is 9.62 Å². The molecule has 0 saturated carbocycles. The Kier molecular flexibility index (Phi) is 7.42. The van der Waals surface area contributed by atoms with E-state index in [1.165, 1.54) is 29.4 Å². The Labute approximate surface area is 187 Å². The van der Waals surface area contributed by atoms with Gasteiger partial charge in [0.05, 0.1) is 17.4 Å². The number of benzene rings is 2. The first kappa shape index (κ1) is 23.6. The Balaban J connectivity index is 1.65. The summed E-state index contributed by atoms with van der Waals surface area (Å²) in [6, 6.07) is 14.2. The van der Waals surface area contributed by atoms with Crippen LogP contribution in [0, 0.1) is 5.92 Å². The lowest BCUT2D eigenvalue weighted by Crippen LogP contribution is -2.43. The molecule has 9 heteroatoms. The minimum atomic E-state index is -3.78. The number of nitrogens with zero attached hydrogens (tertiary/aromatic N) is 1. The van der Waals surface area contributed by atoms with Crippen molar-refractivity contribution in [3.05, 3.63) is 65.7 Å². The molecule has 2 aromatic rings. The molecule has 1 saturated heterocycles. The van der Waals surface area contributed by atoms with E-state index in [0.29, 0.717) is 24.0 Å². The van der Waals surface area contributed by atoms with Crippen LogP contribution in [-0.4, -0.2) is 48.6 Å². The smallest absolute Gasteiger partial charge is 0.305 e. The molecule has 0 spiro atoms. The van der Waals surface area contributed by atoms with Gasteiger partial charge in [-0.25, -0.2) is 8.42 Å². The summed E-state index contributed by atoms with van der Waals surface area (Å²) in [5, 5.41) is 12.0. The summed E-state index contributed by atoms with van der Waals surface area (Å²) in [5.41, 5.74) is 1.03. The molecule has 0 aromatic heterocycles. The van der Waals surface area contributed by atoms with Crippen LogP contribution < -0.4 is 5.32 Å². The van der Waals surface area contributed by atoms with Crippen LogP contribution in [0.3, 0.4) is 0 Å². The molecule has 2 aromatic carbocycles. The molecular weight excluding hydrogens is 432 g/mol. The van der Waals surface area contributed by atoms with Gasteiger partial charge in [-0.05, 0) is 37.5 Å². The van der Waals surface area contributed by atoms with Crippen LogP contribution in [0.2, 0.25) is 0 Å². The summed E-state index contributed by atoms with van der Waals surface area (Å²) in [4.78, 5) is 35.7. The number of aliphatic carboxylic acids is 1. The van der Waals surface area contributed by atoms with Gasteiger partial charge in [0, 0.05) is 24.6 Å². The summed E-state index contributed by atoms with van der Waals surface area (Å²) in [5.74, 6) is -1.93. The van der Waals surface area contributed by atoms with Crippen LogP contribution >= 0.6 is 0 Å². The zero-order chi connectivity index (χ0) is 23.3. The first-order valence-electron chi connectivity index (χ1n) is 10.4. The largest absolute Gasteiger partial charge is 0.481 e. The van der Waals surface area contributed by atoms with Crippen LogP contribution in [0.4, 0.5) is 0 Å². The van der Waals surface area contributed by atoms with Crippen molar-refractivity contribution in [2.45, 2.75) is 37.1 Å². The number of rotatable bonds is 8. The molecule has 1 aliphatic rings. The molecule has 1 aliphatic heterocycles. The predicted octanol–water partition coefficient (Wildman–Crippen LogP) is 2.62. The highest BCUT2D eigenvalue weighted by Gasteiger charge is 2.33. The van der Waals surface area contributed by atoms with Crippen LogP contribution in [-0.2, 0) is 19.6 Å². The lowest BCUT2D eigenvalue weighted by molar-refractivity contribution is -0.138. The van der Waals surface area contributed by atoms with Gasteiger partial charge in [-0.2, -0.15) is 4.31 Å². The number of hydrogen-bond donors (Lipinski definition) is 2. The number of carbonyl (C=O) groups is 3. The van der Waals surface area contributed by atoms with Crippen LogP contribution in [0.1, 0.15) is 48.1 Å². The minimum absolute atomic E-state index is 0.0544. The Morgan fingerprint density at radius 1 is 1.06 bits per heavy atom. The molecule has 0 radical (unpaired) electrons. The van der Waals surface area contributed by atoms with Gasteiger partial charge in [0.25, 0.3) is 0 Å². The second-order valence-electron chi connectivity index (χ2n) is 7.83. The van der Waals surface area contributed by atoms with Crippen molar-refractivity contribution in [1.29, 1.82) is 0 Å². The topological polar surface area (TPSA) is 121 Å². The second kappa shape index (κ2) is 10.1. The highest BCUT2D eigenvalue weighted by molar-refractivity contribution is 7.89. The lowest BCUT2D eigenvalue weighted by Gasteiger charge is -2.31. The van der Waals surface area contributed by atoms with E-state index in [4.69, 9.17) is 0 Å². The van der Waals surface area contributed by atoms with Gasteiger partial charge in [0.15, 0.2) is 5.78 Å². The molecule has 3 rings (SSSR count). The zero-order valence-electron chi connectivity index (χ0n) is 17.7. The maximum atomic E-state index is 13.0. The van der Waals surface area contributed by atoms with Gasteiger partial charge in [-0.15, -0.1) is 0 Å². The average molecular weight is 459 g/mol. The lowest BCUT2D eigenvalue weighted by atomic mass is 9.95. The summed E-state index contributed by atoms with van der Waals surface area (Å²) in [6.07, 6.45) is 0.410. The van der Waals surface area contributed by atoms with Crippen molar-refractivity contribution in [3.63, 3.8) is 0 Å². The number of carbonyl (C=O) groups excluding carboxylic acids is 2. The summed E-state index contributed by atoms with van der Waals surface area (Å²) < 4.78 is 27.3. The van der Waals surface area contributed by atoms with Crippen LogP contribution in [0.25, 0.3) is 0 Å². The van der Waals surface area contributed by atoms with E-state index >= 15 is 0 Å². The Morgan fingerprint density at radius 3 is 2.31 bits per heavy atom. The minimum Gasteiger partial charge on any atom is -0.481 e. The number of carboxylic acid groups (broad SMARTS) is 1. The van der Waals surface area contributed by atoms with Gasteiger partial charge >= 0.3 is 5.97 Å². The van der Waals surface area contributed by atoms with Crippen LogP contribution in [0.15, 0.2) is 59.5 Å². The van der Waals surface area contributed by atoms with Gasteiger partial charge in [-0.3, -0.25) is 14.4 Å². The number of ketones is 1. The Bertz CT molecular complexity index is 1090. The monoisotopic (exact) mass is 458 g/mol. The molecule has 0 aliphatic carbocycles. The van der Waals surface area contributed by atoms with E-state index in [9.17, 15) is 27.9 Å². The third kappa shape index (κ3) is 5.60. The van der Waals surface area contributed by atoms with Crippen LogP contribution in [0.5, 0.6) is 0 Å². The Hall–Kier alpha value is -3.04. The maximum absolute atomic E-state index is 13.0.